The molecule has 6 nitrogen and oxygen atoms in total. The first-order valence-electron chi connectivity index (χ1n) is 9.85. The first-order valence-corrected chi connectivity index (χ1v) is 9.85. The maximum Gasteiger partial charge on any atom is 0.416 e. The highest BCUT2D eigenvalue weighted by Gasteiger charge is 2.33. The number of alkyl halides is 3. The largest absolute Gasteiger partial charge is 0.416 e. The maximum atomic E-state index is 13.4. The van der Waals surface area contributed by atoms with E-state index in [0.29, 0.717) is 42.3 Å². The molecular formula is C21H24F3N5O. The van der Waals surface area contributed by atoms with Crippen LogP contribution in [0.5, 0.6) is 0 Å². The topological polar surface area (TPSA) is 67.1 Å². The molecule has 0 amide bonds. The van der Waals surface area contributed by atoms with Crippen molar-refractivity contribution in [2.24, 2.45) is 0 Å². The molecule has 1 unspecified atom stereocenters. The first-order chi connectivity index (χ1) is 14.0. The number of nitrogens with zero attached hydrogens (tertiary/aromatic N) is 5. The molecule has 4 rings (SSSR count). The van der Waals surface area contributed by atoms with Crippen LogP contribution in [0.15, 0.2) is 30.6 Å². The lowest BCUT2D eigenvalue weighted by molar-refractivity contribution is -0.138. The highest BCUT2D eigenvalue weighted by atomic mass is 19.4. The average Bonchev–Trinajstić information content (AvgIpc) is 3.26. The third kappa shape index (κ3) is 3.86. The Hall–Kier alpha value is -2.68. The molecule has 30 heavy (non-hydrogen) atoms. The molecule has 1 saturated heterocycles. The van der Waals surface area contributed by atoms with Gasteiger partial charge in [-0.05, 0) is 18.1 Å². The van der Waals surface area contributed by atoms with Crippen molar-refractivity contribution in [3.8, 4) is 0 Å². The molecule has 1 aliphatic heterocycles. The third-order valence-electron chi connectivity index (χ3n) is 5.24. The number of imidazole rings is 1. The van der Waals surface area contributed by atoms with E-state index >= 15 is 0 Å². The van der Waals surface area contributed by atoms with Crippen LogP contribution < -0.4 is 4.90 Å². The number of rotatable bonds is 3. The van der Waals surface area contributed by atoms with Gasteiger partial charge in [0.15, 0.2) is 17.0 Å². The van der Waals surface area contributed by atoms with Gasteiger partial charge in [-0.2, -0.15) is 13.2 Å². The highest BCUT2D eigenvalue weighted by molar-refractivity contribution is 5.84. The lowest BCUT2D eigenvalue weighted by Crippen LogP contribution is -2.25. The van der Waals surface area contributed by atoms with E-state index in [1.54, 1.807) is 10.6 Å². The summed E-state index contributed by atoms with van der Waals surface area (Å²) < 4.78 is 41.9. The molecule has 0 spiro atoms. The summed E-state index contributed by atoms with van der Waals surface area (Å²) in [6, 6.07) is 5.53. The van der Waals surface area contributed by atoms with Crippen molar-refractivity contribution < 1.29 is 18.3 Å². The molecule has 1 N–H and O–H groups in total. The number of halogens is 3. The van der Waals surface area contributed by atoms with Gasteiger partial charge in [-0.3, -0.25) is 0 Å². The van der Waals surface area contributed by atoms with Gasteiger partial charge in [0, 0.05) is 18.5 Å². The van der Waals surface area contributed by atoms with Crippen LogP contribution in [-0.4, -0.2) is 43.8 Å². The SMILES string of the molecule is CC(C)(C)c1nc(N2CCC(O)C2)c2ncn(Cc3ccccc3C(F)(F)F)c2n1. The zero-order valence-electron chi connectivity index (χ0n) is 17.1. The zero-order chi connectivity index (χ0) is 21.7. The molecule has 0 radical (unpaired) electrons. The van der Waals surface area contributed by atoms with Crippen LogP contribution in [0.25, 0.3) is 11.2 Å². The second-order valence-electron chi connectivity index (χ2n) is 8.71. The van der Waals surface area contributed by atoms with Crippen molar-refractivity contribution in [2.75, 3.05) is 18.0 Å². The first kappa shape index (κ1) is 20.6. The summed E-state index contributed by atoms with van der Waals surface area (Å²) >= 11 is 0. The Labute approximate surface area is 172 Å². The molecule has 1 aromatic carbocycles. The van der Waals surface area contributed by atoms with Gasteiger partial charge in [-0.25, -0.2) is 15.0 Å². The van der Waals surface area contributed by atoms with Crippen LogP contribution >= 0.6 is 0 Å². The fourth-order valence-electron chi connectivity index (χ4n) is 3.65. The molecule has 0 saturated carbocycles. The lowest BCUT2D eigenvalue weighted by Gasteiger charge is -2.22. The van der Waals surface area contributed by atoms with Crippen molar-refractivity contribution in [3.05, 3.63) is 47.5 Å². The van der Waals surface area contributed by atoms with Crippen LogP contribution in [0.1, 0.15) is 44.1 Å². The van der Waals surface area contributed by atoms with Crippen LogP contribution in [0.3, 0.4) is 0 Å². The number of fused-ring (bicyclic) bond motifs is 1. The summed E-state index contributed by atoms with van der Waals surface area (Å²) in [5, 5.41) is 9.95. The summed E-state index contributed by atoms with van der Waals surface area (Å²) in [7, 11) is 0. The summed E-state index contributed by atoms with van der Waals surface area (Å²) in [6.45, 7) is 7.03. The van der Waals surface area contributed by atoms with Gasteiger partial charge < -0.3 is 14.6 Å². The predicted molar refractivity (Wildman–Crippen MR) is 107 cm³/mol. The van der Waals surface area contributed by atoms with E-state index in [9.17, 15) is 18.3 Å². The minimum atomic E-state index is -4.44. The van der Waals surface area contributed by atoms with Gasteiger partial charge in [0.1, 0.15) is 5.82 Å². The Kier molecular flexibility index (Phi) is 4.96. The fourth-order valence-corrected chi connectivity index (χ4v) is 3.65. The van der Waals surface area contributed by atoms with E-state index < -0.39 is 17.8 Å². The van der Waals surface area contributed by atoms with Gasteiger partial charge in [0.05, 0.1) is 24.5 Å². The second-order valence-corrected chi connectivity index (χ2v) is 8.71. The number of hydrogen-bond donors (Lipinski definition) is 1. The second kappa shape index (κ2) is 7.23. The molecule has 0 bridgehead atoms. The van der Waals surface area contributed by atoms with Crippen LogP contribution in [0.2, 0.25) is 0 Å². The molecule has 9 heteroatoms. The predicted octanol–water partition coefficient (Wildman–Crippen LogP) is 3.76. The number of β-amino-alcohol motifs (C(OH)–C–C–N with tert-alkyl or cyclic N) is 1. The van der Waals surface area contributed by atoms with E-state index in [1.807, 2.05) is 25.7 Å². The van der Waals surface area contributed by atoms with Gasteiger partial charge in [0.25, 0.3) is 0 Å². The third-order valence-corrected chi connectivity index (χ3v) is 5.24. The summed E-state index contributed by atoms with van der Waals surface area (Å²) in [6.07, 6.45) is -2.73. The van der Waals surface area contributed by atoms with Gasteiger partial charge in [0.2, 0.25) is 0 Å². The number of hydrogen-bond acceptors (Lipinski definition) is 5. The summed E-state index contributed by atoms with van der Waals surface area (Å²) in [5.41, 5.74) is 0.142. The zero-order valence-corrected chi connectivity index (χ0v) is 17.1. The molecule has 0 aliphatic carbocycles. The number of aliphatic hydroxyl groups excluding tert-OH is 1. The van der Waals surface area contributed by atoms with Crippen LogP contribution in [0.4, 0.5) is 19.0 Å². The molecule has 1 fully saturated rings. The van der Waals surface area contributed by atoms with Crippen molar-refractivity contribution >= 4 is 17.0 Å². The van der Waals surface area contributed by atoms with Crippen LogP contribution in [-0.2, 0) is 18.1 Å². The van der Waals surface area contributed by atoms with E-state index in [-0.39, 0.29) is 17.5 Å². The maximum absolute atomic E-state index is 13.4. The highest BCUT2D eigenvalue weighted by Crippen LogP contribution is 2.34. The molecular weight excluding hydrogens is 395 g/mol. The Morgan fingerprint density at radius 2 is 1.87 bits per heavy atom. The number of anilines is 1. The molecule has 3 heterocycles. The van der Waals surface area contributed by atoms with E-state index in [2.05, 4.69) is 9.97 Å². The fraction of sp³-hybridized carbons (Fsp3) is 0.476. The van der Waals surface area contributed by atoms with Crippen molar-refractivity contribution in [3.63, 3.8) is 0 Å². The standard InChI is InChI=1S/C21H24F3N5O/c1-20(2,3)19-26-17(28-9-8-14(30)11-28)16-18(27-19)29(12-25-16)10-13-6-4-5-7-15(13)21(22,23)24/h4-7,12,14,30H,8-11H2,1-3H3. The van der Waals surface area contributed by atoms with Crippen molar-refractivity contribution in [2.45, 2.75) is 51.4 Å². The Bertz CT molecular complexity index is 1070. The van der Waals surface area contributed by atoms with Crippen molar-refractivity contribution in [1.29, 1.82) is 0 Å². The van der Waals surface area contributed by atoms with Crippen molar-refractivity contribution in [1.82, 2.24) is 19.5 Å². The van der Waals surface area contributed by atoms with E-state index in [1.165, 1.54) is 18.5 Å². The summed E-state index contributed by atoms with van der Waals surface area (Å²) in [4.78, 5) is 15.8. The monoisotopic (exact) mass is 419 g/mol. The molecule has 2 aromatic heterocycles. The normalized spacial score (nSPS) is 17.8. The lowest BCUT2D eigenvalue weighted by atomic mass is 9.96. The minimum absolute atomic E-state index is 0.00511. The number of aromatic nitrogens is 4. The number of aliphatic hydroxyl groups is 1. The van der Waals surface area contributed by atoms with Gasteiger partial charge in [-0.15, -0.1) is 0 Å². The minimum Gasteiger partial charge on any atom is -0.391 e. The average molecular weight is 419 g/mol. The Balaban J connectivity index is 1.83. The summed E-state index contributed by atoms with van der Waals surface area (Å²) in [5.74, 6) is 1.20. The Morgan fingerprint density at radius 1 is 1.13 bits per heavy atom. The van der Waals surface area contributed by atoms with Crippen LogP contribution in [0, 0.1) is 0 Å². The van der Waals surface area contributed by atoms with E-state index in [4.69, 9.17) is 4.98 Å². The quantitative estimate of drug-likeness (QED) is 0.700. The molecule has 3 aromatic rings. The molecule has 160 valence electrons. The smallest absolute Gasteiger partial charge is 0.391 e. The molecule has 1 atom stereocenters. The van der Waals surface area contributed by atoms with Gasteiger partial charge in [-0.1, -0.05) is 39.0 Å². The van der Waals surface area contributed by atoms with Gasteiger partial charge >= 0.3 is 6.18 Å². The molecule has 1 aliphatic rings. The number of benzene rings is 1. The van der Waals surface area contributed by atoms with E-state index in [0.717, 1.165) is 6.07 Å². The Morgan fingerprint density at radius 3 is 2.50 bits per heavy atom.